The standard InChI is InChI=1S/C53H30N8/c1-56-40-23-25-50-42(29-40)41-26-34(32-54)22-24-49(41)61(50)51-43(52-57-45(36-14-6-2-7-15-36)30-46(58-52)37-16-8-3-9-17-37)27-35(33-55)28-44(51)53-59-47(38-18-10-4-11-19-38)31-48(60-53)39-20-12-5-13-21-39/h2-31H. The van der Waals surface area contributed by atoms with Gasteiger partial charge in [-0.3, -0.25) is 0 Å². The highest BCUT2D eigenvalue weighted by molar-refractivity contribution is 6.12. The fourth-order valence-corrected chi connectivity index (χ4v) is 7.83. The number of rotatable bonds is 7. The fraction of sp³-hybridized carbons (Fsp3) is 0. The van der Waals surface area contributed by atoms with E-state index in [-0.39, 0.29) is 0 Å². The lowest BCUT2D eigenvalue weighted by Crippen LogP contribution is -2.06. The molecule has 8 heteroatoms. The molecular weight excluding hydrogens is 749 g/mol. The molecule has 282 valence electrons. The van der Waals surface area contributed by atoms with Crippen molar-refractivity contribution in [1.82, 2.24) is 24.5 Å². The maximum absolute atomic E-state index is 10.8. The van der Waals surface area contributed by atoms with Crippen molar-refractivity contribution in [1.29, 1.82) is 10.5 Å². The van der Waals surface area contributed by atoms with E-state index in [9.17, 15) is 10.5 Å². The van der Waals surface area contributed by atoms with E-state index >= 15 is 0 Å². The van der Waals surface area contributed by atoms with Crippen molar-refractivity contribution in [2.24, 2.45) is 0 Å². The molecule has 0 spiro atoms. The van der Waals surface area contributed by atoms with Crippen LogP contribution in [0.2, 0.25) is 0 Å². The number of fused-ring (bicyclic) bond motifs is 3. The molecule has 0 fully saturated rings. The second-order valence-corrected chi connectivity index (χ2v) is 14.4. The van der Waals surface area contributed by atoms with Crippen LogP contribution in [0.4, 0.5) is 5.69 Å². The summed E-state index contributed by atoms with van der Waals surface area (Å²) in [5, 5.41) is 22.4. The Kier molecular flexibility index (Phi) is 9.16. The number of benzene rings is 7. The first-order valence-corrected chi connectivity index (χ1v) is 19.5. The van der Waals surface area contributed by atoms with Crippen LogP contribution in [-0.4, -0.2) is 24.5 Å². The molecule has 0 aliphatic rings. The minimum absolute atomic E-state index is 0.363. The van der Waals surface area contributed by atoms with Gasteiger partial charge in [-0.05, 0) is 60.0 Å². The van der Waals surface area contributed by atoms with Gasteiger partial charge in [0.15, 0.2) is 17.3 Å². The average molecular weight is 779 g/mol. The van der Waals surface area contributed by atoms with E-state index in [1.165, 1.54) is 0 Å². The van der Waals surface area contributed by atoms with Gasteiger partial charge in [0.05, 0.1) is 69.3 Å². The molecule has 8 nitrogen and oxygen atoms in total. The molecule has 0 saturated carbocycles. The lowest BCUT2D eigenvalue weighted by atomic mass is 9.99. The van der Waals surface area contributed by atoms with E-state index in [1.807, 2.05) is 170 Å². The van der Waals surface area contributed by atoms with Gasteiger partial charge in [-0.25, -0.2) is 24.8 Å². The minimum atomic E-state index is 0.363. The fourth-order valence-electron chi connectivity index (χ4n) is 7.83. The van der Waals surface area contributed by atoms with Gasteiger partial charge < -0.3 is 4.57 Å². The number of hydrogen-bond donors (Lipinski definition) is 0. The quantitative estimate of drug-likeness (QED) is 0.149. The molecule has 0 aliphatic heterocycles. The molecule has 0 amide bonds. The highest BCUT2D eigenvalue weighted by atomic mass is 15.0. The Morgan fingerprint density at radius 2 is 0.820 bits per heavy atom. The Morgan fingerprint density at radius 3 is 1.21 bits per heavy atom. The van der Waals surface area contributed by atoms with Crippen LogP contribution in [0.5, 0.6) is 0 Å². The highest BCUT2D eigenvalue weighted by Gasteiger charge is 2.26. The SMILES string of the molecule is [C-]#[N+]c1ccc2c(c1)c1cc(C#N)ccc1n2-c1c(-c2nc(-c3ccccc3)cc(-c3ccccc3)n2)cc(C#N)cc1-c1nc(-c2ccccc2)cc(-c2ccccc2)n1. The summed E-state index contributed by atoms with van der Waals surface area (Å²) in [7, 11) is 0. The first-order chi connectivity index (χ1) is 30.1. The van der Waals surface area contributed by atoms with Crippen molar-refractivity contribution >= 4 is 27.5 Å². The van der Waals surface area contributed by atoms with E-state index in [1.54, 1.807) is 12.1 Å². The second-order valence-electron chi connectivity index (χ2n) is 14.4. The summed E-state index contributed by atoms with van der Waals surface area (Å²) in [5.41, 5.74) is 11.1. The van der Waals surface area contributed by atoms with Gasteiger partial charge in [-0.2, -0.15) is 10.5 Å². The Labute approximate surface area is 351 Å². The predicted molar refractivity (Wildman–Crippen MR) is 240 cm³/mol. The largest absolute Gasteiger partial charge is 0.308 e. The maximum atomic E-state index is 10.8. The van der Waals surface area contributed by atoms with Crippen LogP contribution in [0.1, 0.15) is 11.1 Å². The molecule has 3 aromatic heterocycles. The summed E-state index contributed by atoms with van der Waals surface area (Å²) >= 11 is 0. The number of hydrogen-bond acceptors (Lipinski definition) is 6. The molecule has 3 heterocycles. The molecule has 7 aromatic carbocycles. The van der Waals surface area contributed by atoms with E-state index < -0.39 is 0 Å². The van der Waals surface area contributed by atoms with Crippen LogP contribution < -0.4 is 0 Å². The lowest BCUT2D eigenvalue weighted by Gasteiger charge is -2.20. The second kappa shape index (κ2) is 15.4. The Balaban J connectivity index is 1.38. The van der Waals surface area contributed by atoms with E-state index in [4.69, 9.17) is 26.5 Å². The molecule has 10 rings (SSSR count). The van der Waals surface area contributed by atoms with Crippen LogP contribution in [-0.2, 0) is 0 Å². The van der Waals surface area contributed by atoms with E-state index in [2.05, 4.69) is 21.6 Å². The molecule has 0 radical (unpaired) electrons. The van der Waals surface area contributed by atoms with E-state index in [0.717, 1.165) is 44.1 Å². The van der Waals surface area contributed by atoms with Gasteiger partial charge in [0.1, 0.15) is 0 Å². The molecule has 0 saturated heterocycles. The van der Waals surface area contributed by atoms with Crippen LogP contribution >= 0.6 is 0 Å². The monoisotopic (exact) mass is 778 g/mol. The summed E-state index contributed by atoms with van der Waals surface area (Å²) in [6, 6.07) is 63.3. The van der Waals surface area contributed by atoms with Crippen molar-refractivity contribution in [3.05, 3.63) is 205 Å². The summed E-state index contributed by atoms with van der Waals surface area (Å²) in [5.74, 6) is 0.773. The smallest absolute Gasteiger partial charge is 0.188 e. The molecule has 10 aromatic rings. The van der Waals surface area contributed by atoms with Crippen molar-refractivity contribution in [2.45, 2.75) is 0 Å². The van der Waals surface area contributed by atoms with Crippen molar-refractivity contribution in [3.8, 4) is 85.6 Å². The van der Waals surface area contributed by atoms with Gasteiger partial charge in [0, 0.05) is 38.8 Å². The van der Waals surface area contributed by atoms with E-state index in [0.29, 0.717) is 68.1 Å². The Hall–Kier alpha value is -9.03. The topological polar surface area (TPSA) is 108 Å². The molecule has 0 bridgehead atoms. The lowest BCUT2D eigenvalue weighted by molar-refractivity contribution is 1.12. The zero-order chi connectivity index (χ0) is 41.3. The minimum Gasteiger partial charge on any atom is -0.308 e. The zero-order valence-electron chi connectivity index (χ0n) is 32.4. The Bertz CT molecular complexity index is 3100. The van der Waals surface area contributed by atoms with Crippen LogP contribution in [0.25, 0.3) is 100 Å². The van der Waals surface area contributed by atoms with Crippen molar-refractivity contribution in [3.63, 3.8) is 0 Å². The molecule has 61 heavy (non-hydrogen) atoms. The third-order valence-electron chi connectivity index (χ3n) is 10.7. The molecule has 0 unspecified atom stereocenters. The first kappa shape index (κ1) is 36.3. The average Bonchev–Trinajstić information content (AvgIpc) is 3.66. The number of nitrogens with zero attached hydrogens (tertiary/aromatic N) is 8. The highest BCUT2D eigenvalue weighted by Crippen LogP contribution is 2.43. The number of nitriles is 2. The molecule has 0 aliphatic carbocycles. The van der Waals surface area contributed by atoms with Gasteiger partial charge in [-0.1, -0.05) is 127 Å². The first-order valence-electron chi connectivity index (χ1n) is 19.5. The Morgan fingerprint density at radius 1 is 0.426 bits per heavy atom. The third-order valence-corrected chi connectivity index (χ3v) is 10.7. The number of aromatic nitrogens is 5. The molecule has 0 N–H and O–H groups in total. The van der Waals surface area contributed by atoms with Gasteiger partial charge in [0.2, 0.25) is 0 Å². The zero-order valence-corrected chi connectivity index (χ0v) is 32.4. The van der Waals surface area contributed by atoms with Crippen molar-refractivity contribution < 1.29 is 0 Å². The predicted octanol–water partition coefficient (Wildman–Crippen LogP) is 12.7. The summed E-state index contributed by atoms with van der Waals surface area (Å²) < 4.78 is 2.10. The van der Waals surface area contributed by atoms with Gasteiger partial charge >= 0.3 is 0 Å². The summed E-state index contributed by atoms with van der Waals surface area (Å²) in [6.45, 7) is 7.88. The normalized spacial score (nSPS) is 10.9. The summed E-state index contributed by atoms with van der Waals surface area (Å²) in [4.78, 5) is 24.8. The van der Waals surface area contributed by atoms with Gasteiger partial charge in [0.25, 0.3) is 0 Å². The van der Waals surface area contributed by atoms with Crippen molar-refractivity contribution in [2.75, 3.05) is 0 Å². The van der Waals surface area contributed by atoms with Crippen LogP contribution in [0, 0.1) is 29.2 Å². The summed E-state index contributed by atoms with van der Waals surface area (Å²) in [6.07, 6.45) is 0. The third kappa shape index (κ3) is 6.71. The maximum Gasteiger partial charge on any atom is 0.188 e. The van der Waals surface area contributed by atoms with Gasteiger partial charge in [-0.15, -0.1) is 0 Å². The van der Waals surface area contributed by atoms with Crippen LogP contribution in [0.15, 0.2) is 182 Å². The van der Waals surface area contributed by atoms with Crippen LogP contribution in [0.3, 0.4) is 0 Å². The molecular formula is C53H30N8. The molecule has 0 atom stereocenters.